The summed E-state index contributed by atoms with van der Waals surface area (Å²) in [6.45, 7) is 6.88. The van der Waals surface area contributed by atoms with Gasteiger partial charge < -0.3 is 24.5 Å². The fourth-order valence-corrected chi connectivity index (χ4v) is 3.78. The summed E-state index contributed by atoms with van der Waals surface area (Å²) in [5, 5.41) is 13.6. The number of hydrogen-bond acceptors (Lipinski definition) is 5. The molecule has 0 radical (unpaired) electrons. The van der Waals surface area contributed by atoms with Gasteiger partial charge in [0.25, 0.3) is 0 Å². The van der Waals surface area contributed by atoms with Gasteiger partial charge >= 0.3 is 6.09 Å². The second-order valence-electron chi connectivity index (χ2n) is 7.91. The van der Waals surface area contributed by atoms with Gasteiger partial charge in [0.15, 0.2) is 0 Å². The van der Waals surface area contributed by atoms with Crippen LogP contribution in [0.25, 0.3) is 0 Å². The molecule has 2 N–H and O–H groups in total. The number of hydrogen-bond donors (Lipinski definition) is 2. The number of ether oxygens (including phenoxy) is 1. The van der Waals surface area contributed by atoms with Crippen LogP contribution < -0.4 is 5.32 Å². The van der Waals surface area contributed by atoms with Crippen molar-refractivity contribution in [1.29, 1.82) is 0 Å². The number of fused-ring (bicyclic) bond motifs is 2. The molecule has 6 nitrogen and oxygen atoms in total. The molecular formula is C18H28N2O4. The van der Waals surface area contributed by atoms with Crippen molar-refractivity contribution in [1.82, 2.24) is 10.2 Å². The molecule has 2 bridgehead atoms. The van der Waals surface area contributed by atoms with E-state index in [4.69, 9.17) is 9.15 Å². The maximum absolute atomic E-state index is 12.4. The summed E-state index contributed by atoms with van der Waals surface area (Å²) < 4.78 is 10.8. The lowest BCUT2D eigenvalue weighted by molar-refractivity contribution is 0.0223. The lowest BCUT2D eigenvalue weighted by atomic mass is 9.85. The normalized spacial score (nSPS) is 28.0. The fourth-order valence-electron chi connectivity index (χ4n) is 3.78. The molecular weight excluding hydrogens is 308 g/mol. The van der Waals surface area contributed by atoms with E-state index in [9.17, 15) is 9.90 Å². The van der Waals surface area contributed by atoms with Gasteiger partial charge in [0, 0.05) is 25.2 Å². The second kappa shape index (κ2) is 6.76. The Labute approximate surface area is 143 Å². The van der Waals surface area contributed by atoms with Gasteiger partial charge in [-0.2, -0.15) is 0 Å². The molecule has 1 saturated carbocycles. The number of amides is 1. The zero-order chi connectivity index (χ0) is 17.3. The first-order valence-electron chi connectivity index (χ1n) is 8.78. The van der Waals surface area contributed by atoms with Gasteiger partial charge in [-0.05, 0) is 58.1 Å². The molecule has 24 heavy (non-hydrogen) atoms. The first kappa shape index (κ1) is 17.3. The minimum absolute atomic E-state index is 0.203. The highest BCUT2D eigenvalue weighted by molar-refractivity contribution is 5.69. The molecule has 0 aromatic carbocycles. The van der Waals surface area contributed by atoms with Gasteiger partial charge in [0.2, 0.25) is 0 Å². The minimum Gasteiger partial charge on any atom is -0.467 e. The third kappa shape index (κ3) is 3.92. The SMILES string of the molecule is CC(C)(C)OC(=O)N1CC2CC1CCC2NCC(O)c1ccco1. The average Bonchev–Trinajstić information content (AvgIpc) is 3.13. The zero-order valence-electron chi connectivity index (χ0n) is 14.7. The zero-order valence-corrected chi connectivity index (χ0v) is 14.7. The molecule has 1 amide bonds. The van der Waals surface area contributed by atoms with Crippen molar-refractivity contribution in [2.45, 2.75) is 63.8 Å². The third-order valence-electron chi connectivity index (χ3n) is 4.90. The molecule has 2 heterocycles. The molecule has 2 aliphatic rings. The van der Waals surface area contributed by atoms with Crippen LogP contribution >= 0.6 is 0 Å². The van der Waals surface area contributed by atoms with Crippen LogP contribution in [0, 0.1) is 5.92 Å². The first-order chi connectivity index (χ1) is 11.3. The van der Waals surface area contributed by atoms with Crippen molar-refractivity contribution >= 4 is 6.09 Å². The number of carbonyl (C=O) groups is 1. The van der Waals surface area contributed by atoms with Gasteiger partial charge in [-0.3, -0.25) is 0 Å². The molecule has 6 heteroatoms. The van der Waals surface area contributed by atoms with Crippen LogP contribution in [-0.2, 0) is 4.74 Å². The standard InChI is InChI=1S/C18H28N2O4/c1-18(2,3)24-17(22)20-11-12-9-13(20)6-7-14(12)19-10-15(21)16-5-4-8-23-16/h4-5,8,12-15,19,21H,6-7,9-11H2,1-3H3. The molecule has 1 aromatic rings. The monoisotopic (exact) mass is 336 g/mol. The summed E-state index contributed by atoms with van der Waals surface area (Å²) in [7, 11) is 0. The number of rotatable bonds is 4. The van der Waals surface area contributed by atoms with Gasteiger partial charge in [-0.1, -0.05) is 0 Å². The van der Waals surface area contributed by atoms with Gasteiger partial charge in [-0.15, -0.1) is 0 Å². The summed E-state index contributed by atoms with van der Waals surface area (Å²) in [5.41, 5.74) is -0.460. The van der Waals surface area contributed by atoms with Crippen LogP contribution in [0.1, 0.15) is 51.9 Å². The fraction of sp³-hybridized carbons (Fsp3) is 0.722. The molecule has 1 aliphatic carbocycles. The number of nitrogens with zero attached hydrogens (tertiary/aromatic N) is 1. The molecule has 3 rings (SSSR count). The number of carbonyl (C=O) groups excluding carboxylic acids is 1. The molecule has 2 fully saturated rings. The Morgan fingerprint density at radius 3 is 2.96 bits per heavy atom. The van der Waals surface area contributed by atoms with Gasteiger partial charge in [0.1, 0.15) is 17.5 Å². The molecule has 1 saturated heterocycles. The third-order valence-corrected chi connectivity index (χ3v) is 4.90. The van der Waals surface area contributed by atoms with Crippen LogP contribution in [0.3, 0.4) is 0 Å². The predicted octanol–water partition coefficient (Wildman–Crippen LogP) is 2.69. The van der Waals surface area contributed by atoms with Crippen LogP contribution in [-0.4, -0.2) is 46.9 Å². The summed E-state index contributed by atoms with van der Waals surface area (Å²) in [5.74, 6) is 0.998. The predicted molar refractivity (Wildman–Crippen MR) is 89.5 cm³/mol. The largest absolute Gasteiger partial charge is 0.467 e. The van der Waals surface area contributed by atoms with Crippen molar-refractivity contribution in [3.8, 4) is 0 Å². The lowest BCUT2D eigenvalue weighted by Crippen LogP contribution is -2.41. The van der Waals surface area contributed by atoms with E-state index >= 15 is 0 Å². The summed E-state index contributed by atoms with van der Waals surface area (Å²) >= 11 is 0. The molecule has 134 valence electrons. The Kier molecular flexibility index (Phi) is 4.88. The van der Waals surface area contributed by atoms with Crippen LogP contribution in [0.5, 0.6) is 0 Å². The van der Waals surface area contributed by atoms with E-state index in [1.807, 2.05) is 25.7 Å². The highest BCUT2D eigenvalue weighted by Gasteiger charge is 2.44. The van der Waals surface area contributed by atoms with E-state index in [0.717, 1.165) is 25.8 Å². The molecule has 4 unspecified atom stereocenters. The quantitative estimate of drug-likeness (QED) is 0.884. The van der Waals surface area contributed by atoms with E-state index < -0.39 is 11.7 Å². The highest BCUT2D eigenvalue weighted by Crippen LogP contribution is 2.36. The van der Waals surface area contributed by atoms with E-state index in [-0.39, 0.29) is 12.1 Å². The topological polar surface area (TPSA) is 74.9 Å². The van der Waals surface area contributed by atoms with Gasteiger partial charge in [-0.25, -0.2) is 4.79 Å². The molecule has 0 spiro atoms. The number of furan rings is 1. The Balaban J connectivity index is 1.52. The molecule has 4 atom stereocenters. The summed E-state index contributed by atoms with van der Waals surface area (Å²) in [6, 6.07) is 4.17. The van der Waals surface area contributed by atoms with E-state index in [2.05, 4.69) is 5.32 Å². The number of likely N-dealkylation sites (tertiary alicyclic amines) is 1. The number of nitrogens with one attached hydrogen (secondary N) is 1. The van der Waals surface area contributed by atoms with E-state index in [1.165, 1.54) is 0 Å². The van der Waals surface area contributed by atoms with Crippen molar-refractivity contribution in [3.05, 3.63) is 24.2 Å². The van der Waals surface area contributed by atoms with Crippen LogP contribution in [0.4, 0.5) is 4.79 Å². The van der Waals surface area contributed by atoms with E-state index in [1.54, 1.807) is 18.4 Å². The minimum atomic E-state index is -0.638. The molecule has 1 aliphatic heterocycles. The highest BCUT2D eigenvalue weighted by atomic mass is 16.6. The Hall–Kier alpha value is -1.53. The van der Waals surface area contributed by atoms with Crippen LogP contribution in [0.2, 0.25) is 0 Å². The maximum atomic E-state index is 12.4. The number of aliphatic hydroxyl groups excluding tert-OH is 1. The van der Waals surface area contributed by atoms with Crippen molar-refractivity contribution < 1.29 is 19.1 Å². The Morgan fingerprint density at radius 2 is 2.29 bits per heavy atom. The summed E-state index contributed by atoms with van der Waals surface area (Å²) in [4.78, 5) is 14.3. The van der Waals surface area contributed by atoms with Crippen molar-refractivity contribution in [2.24, 2.45) is 5.92 Å². The van der Waals surface area contributed by atoms with Crippen LogP contribution in [0.15, 0.2) is 22.8 Å². The molecule has 1 aromatic heterocycles. The smallest absolute Gasteiger partial charge is 0.410 e. The van der Waals surface area contributed by atoms with Crippen molar-refractivity contribution in [3.63, 3.8) is 0 Å². The van der Waals surface area contributed by atoms with Gasteiger partial charge in [0.05, 0.1) is 6.26 Å². The summed E-state index contributed by atoms with van der Waals surface area (Å²) in [6.07, 6.45) is 3.73. The van der Waals surface area contributed by atoms with E-state index in [0.29, 0.717) is 24.3 Å². The van der Waals surface area contributed by atoms with Crippen molar-refractivity contribution in [2.75, 3.05) is 13.1 Å². The number of aliphatic hydroxyl groups is 1. The second-order valence-corrected chi connectivity index (χ2v) is 7.91. The Bertz CT molecular complexity index is 552. The first-order valence-corrected chi connectivity index (χ1v) is 8.78. The maximum Gasteiger partial charge on any atom is 0.410 e. The lowest BCUT2D eigenvalue weighted by Gasteiger charge is -2.30. The average molecular weight is 336 g/mol. The Morgan fingerprint density at radius 1 is 1.50 bits per heavy atom.